The molecule has 0 N–H and O–H groups in total. The van der Waals surface area contributed by atoms with Crippen molar-refractivity contribution in [2.45, 2.75) is 25.9 Å². The number of hydrogen-bond donors (Lipinski definition) is 0. The van der Waals surface area contributed by atoms with Crippen LogP contribution in [0.2, 0.25) is 0 Å². The maximum Gasteiger partial charge on any atom is 2.00 e. The first-order valence-electron chi connectivity index (χ1n) is 14.6. The minimum atomic E-state index is -0.935. The Morgan fingerprint density at radius 1 is 0.608 bits per heavy atom. The quantitative estimate of drug-likeness (QED) is 0.134. The number of hydrazone groups is 2. The van der Waals surface area contributed by atoms with Gasteiger partial charge in [-0.05, 0) is 50.2 Å². The Morgan fingerprint density at radius 3 is 1.27 bits per heavy atom. The number of nitrogens with zero attached hydrogens (tertiary/aromatic N) is 10. The summed E-state index contributed by atoms with van der Waals surface area (Å²) in [4.78, 5) is 44.8. The van der Waals surface area contributed by atoms with Crippen molar-refractivity contribution in [1.82, 2.24) is 0 Å². The van der Waals surface area contributed by atoms with E-state index in [-0.39, 0.29) is 51.9 Å². The molecule has 0 saturated heterocycles. The molecule has 0 saturated carbocycles. The van der Waals surface area contributed by atoms with E-state index in [1.807, 2.05) is 12.1 Å². The zero-order chi connectivity index (χ0) is 35.9. The fourth-order valence-electron chi connectivity index (χ4n) is 4.52. The van der Waals surface area contributed by atoms with Gasteiger partial charge >= 0.3 is 17.4 Å². The molecule has 51 heavy (non-hydrogen) atoms. The van der Waals surface area contributed by atoms with Crippen molar-refractivity contribution in [3.8, 4) is 11.5 Å². The van der Waals surface area contributed by atoms with Crippen molar-refractivity contribution in [2.75, 3.05) is 10.0 Å². The van der Waals surface area contributed by atoms with Gasteiger partial charge in [-0.1, -0.05) is 47.9 Å². The number of nitro benzene ring substituents is 2. The van der Waals surface area contributed by atoms with Crippen molar-refractivity contribution in [3.05, 3.63) is 117 Å². The summed E-state index contributed by atoms with van der Waals surface area (Å²) < 4.78 is 0. The van der Waals surface area contributed by atoms with E-state index in [0.29, 0.717) is 22.8 Å². The zero-order valence-corrected chi connectivity index (χ0v) is 27.8. The predicted molar refractivity (Wildman–Crippen MR) is 176 cm³/mol. The maximum absolute atomic E-state index is 12.5. The fraction of sp³-hybridized carbons (Fsp3) is 0.125. The Bertz CT molecular complexity index is 1950. The number of non-ortho nitro benzene ring substituents is 2. The van der Waals surface area contributed by atoms with E-state index < -0.39 is 33.4 Å². The second-order valence-corrected chi connectivity index (χ2v) is 10.5. The number of anilines is 2. The largest absolute Gasteiger partial charge is 2.00 e. The van der Waals surface area contributed by atoms with Gasteiger partial charge in [-0.3, -0.25) is 29.8 Å². The van der Waals surface area contributed by atoms with Crippen LogP contribution in [0.5, 0.6) is 11.5 Å². The van der Waals surface area contributed by atoms with Crippen molar-refractivity contribution < 1.29 is 47.0 Å². The summed E-state index contributed by atoms with van der Waals surface area (Å²) in [5.41, 5.74) is 1.27. The van der Waals surface area contributed by atoms with Crippen LogP contribution in [0.1, 0.15) is 13.8 Å². The molecule has 4 aromatic rings. The van der Waals surface area contributed by atoms with Gasteiger partial charge in [-0.2, -0.15) is 40.7 Å². The monoisotopic (exact) mass is 728 g/mol. The summed E-state index contributed by atoms with van der Waals surface area (Å²) in [6.07, 6.45) is 0. The van der Waals surface area contributed by atoms with E-state index in [9.17, 15) is 40.0 Å². The van der Waals surface area contributed by atoms with Crippen LogP contribution >= 0.6 is 0 Å². The summed E-state index contributed by atoms with van der Waals surface area (Å²) in [7, 11) is 0. The molecule has 2 atom stereocenters. The molecule has 4 aromatic carbocycles. The SMILES string of the molecule is CC1=NN(c2ccccc2)C(=O)C1N=Nc1ccc([N+](=O)[O-])cc1[O-].CC1=NN(c2ccccc2)C(=O)C1N=Nc1ccc([N+](=O)[O-])cc1[O-].[Cr+2]. The molecule has 0 fully saturated rings. The summed E-state index contributed by atoms with van der Waals surface area (Å²) in [6.45, 7) is 3.27. The second-order valence-electron chi connectivity index (χ2n) is 10.5. The molecule has 2 heterocycles. The topological polar surface area (TPSA) is 247 Å². The van der Waals surface area contributed by atoms with Gasteiger partial charge in [-0.25, -0.2) is 0 Å². The average Bonchev–Trinajstić information content (AvgIpc) is 3.56. The molecule has 6 rings (SSSR count). The first-order chi connectivity index (χ1) is 23.9. The van der Waals surface area contributed by atoms with Gasteiger partial charge in [0.1, 0.15) is 0 Å². The number of amides is 2. The number of carbonyl (C=O) groups excluding carboxylic acids is 2. The Labute approximate surface area is 299 Å². The number of rotatable bonds is 8. The molecular formula is C32H24CrN10O8. The van der Waals surface area contributed by atoms with Crippen LogP contribution < -0.4 is 20.2 Å². The van der Waals surface area contributed by atoms with Crippen molar-refractivity contribution in [1.29, 1.82) is 0 Å². The Morgan fingerprint density at radius 2 is 0.961 bits per heavy atom. The van der Waals surface area contributed by atoms with Gasteiger partial charge in [0.25, 0.3) is 23.2 Å². The van der Waals surface area contributed by atoms with E-state index >= 15 is 0 Å². The summed E-state index contributed by atoms with van der Waals surface area (Å²) in [5, 5.41) is 71.1. The second kappa shape index (κ2) is 16.1. The van der Waals surface area contributed by atoms with E-state index in [1.165, 1.54) is 22.2 Å². The first kappa shape index (κ1) is 37.1. The molecule has 2 amide bonds. The number of para-hydroxylation sites is 2. The third-order valence-corrected chi connectivity index (χ3v) is 7.06. The fourth-order valence-corrected chi connectivity index (χ4v) is 4.52. The summed E-state index contributed by atoms with van der Waals surface area (Å²) in [6, 6.07) is 22.3. The van der Waals surface area contributed by atoms with Crippen LogP contribution in [0.4, 0.5) is 34.1 Å². The van der Waals surface area contributed by atoms with Gasteiger partial charge in [-0.15, -0.1) is 0 Å². The predicted octanol–water partition coefficient (Wildman–Crippen LogP) is 5.08. The zero-order valence-electron chi connectivity index (χ0n) is 26.5. The molecule has 0 aromatic heterocycles. The van der Waals surface area contributed by atoms with Crippen molar-refractivity contribution in [2.24, 2.45) is 30.7 Å². The van der Waals surface area contributed by atoms with Gasteiger partial charge in [0.2, 0.25) is 0 Å². The van der Waals surface area contributed by atoms with Gasteiger partial charge in [0.15, 0.2) is 12.1 Å². The Hall–Kier alpha value is -6.71. The number of carbonyl (C=O) groups is 2. The molecule has 18 nitrogen and oxygen atoms in total. The molecule has 256 valence electrons. The minimum absolute atomic E-state index is 0. The normalized spacial score (nSPS) is 16.8. The number of benzene rings is 4. The third kappa shape index (κ3) is 8.48. The van der Waals surface area contributed by atoms with Gasteiger partial charge in [0.05, 0.1) is 44.0 Å². The molecular weight excluding hydrogens is 704 g/mol. The number of azo groups is 2. The molecule has 2 unspecified atom stereocenters. The van der Waals surface area contributed by atoms with Crippen LogP contribution in [0.15, 0.2) is 128 Å². The summed E-state index contributed by atoms with van der Waals surface area (Å²) in [5.74, 6) is -2.06. The van der Waals surface area contributed by atoms with Crippen LogP contribution in [0.3, 0.4) is 0 Å². The molecule has 2 aliphatic rings. The smallest absolute Gasteiger partial charge is 0.871 e. The van der Waals surface area contributed by atoms with E-state index in [2.05, 4.69) is 30.7 Å². The van der Waals surface area contributed by atoms with Crippen molar-refractivity contribution in [3.63, 3.8) is 0 Å². The molecule has 0 bridgehead atoms. The molecule has 19 heteroatoms. The van der Waals surface area contributed by atoms with E-state index in [4.69, 9.17) is 0 Å². The third-order valence-electron chi connectivity index (χ3n) is 7.06. The van der Waals surface area contributed by atoms with Crippen LogP contribution in [-0.2, 0) is 27.0 Å². The van der Waals surface area contributed by atoms with E-state index in [1.54, 1.807) is 62.4 Å². The molecule has 0 radical (unpaired) electrons. The average molecular weight is 729 g/mol. The summed E-state index contributed by atoms with van der Waals surface area (Å²) >= 11 is 0. The van der Waals surface area contributed by atoms with Crippen LogP contribution in [0.25, 0.3) is 0 Å². The molecule has 0 spiro atoms. The first-order valence-corrected chi connectivity index (χ1v) is 14.6. The maximum atomic E-state index is 12.5. The molecule has 0 aliphatic carbocycles. The Kier molecular flexibility index (Phi) is 11.7. The van der Waals surface area contributed by atoms with Crippen LogP contribution in [-0.4, -0.2) is 45.2 Å². The molecule has 2 aliphatic heterocycles. The Balaban J connectivity index is 0.000000224. The van der Waals surface area contributed by atoms with Crippen LogP contribution in [0, 0.1) is 20.2 Å². The van der Waals surface area contributed by atoms with Crippen molar-refractivity contribution >= 4 is 57.4 Å². The minimum Gasteiger partial charge on any atom is -0.871 e. The van der Waals surface area contributed by atoms with Gasteiger partial charge < -0.3 is 10.2 Å². The van der Waals surface area contributed by atoms with Gasteiger partial charge in [0, 0.05) is 24.3 Å². The standard InChI is InChI=1S/2C16H13N5O4.Cr/c2*1-10-15(16(23)20(19-10)11-5-3-2-4-6-11)18-17-13-8-7-12(21(24)25)9-14(13)22;/h2*2-9,15,22H,1H3;/q;;+2/p-2. The number of nitro groups is 2. The number of hydrogen-bond acceptors (Lipinski definition) is 14. The van der Waals surface area contributed by atoms with E-state index in [0.717, 1.165) is 24.3 Å².